The average Bonchev–Trinajstić information content (AvgIpc) is 3.34. The highest BCUT2D eigenvalue weighted by molar-refractivity contribution is 7.47. The molecule has 0 rings (SSSR count). The zero-order chi connectivity index (χ0) is 50.1. The van der Waals surface area contributed by atoms with Crippen LogP contribution in [-0.2, 0) is 27.9 Å². The van der Waals surface area contributed by atoms with Crippen LogP contribution in [0.25, 0.3) is 0 Å². The lowest BCUT2D eigenvalue weighted by molar-refractivity contribution is -0.154. The normalized spacial score (nSPS) is 13.4. The molecule has 0 radical (unpaired) electrons. The van der Waals surface area contributed by atoms with Crippen LogP contribution in [-0.4, -0.2) is 49.9 Å². The van der Waals surface area contributed by atoms with E-state index in [1.165, 1.54) is 238 Å². The van der Waals surface area contributed by atoms with Gasteiger partial charge in [-0.1, -0.05) is 281 Å². The highest BCUT2D eigenvalue weighted by Gasteiger charge is 2.25. The maximum absolute atomic E-state index is 12.7. The first-order chi connectivity index (χ1) is 33.9. The standard InChI is InChI=1S/C60H116NO7P/c1-3-5-7-9-11-13-15-17-19-21-23-25-27-29-31-33-35-37-39-41-43-45-47-49-51-53-60(62)68-59(58-67-69(63,64)66-56-54-61)57-65-55-52-50-48-46-44-42-40-38-36-34-32-30-28-26-24-22-20-18-16-14-12-10-8-6-4-2/h15,17,21,23,27,29,59H,3-14,16,18-20,22,24-26,28,30-58,61H2,1-2H3,(H,63,64)/b17-15-,23-21-,29-27-. The van der Waals surface area contributed by atoms with E-state index in [0.717, 1.165) is 44.9 Å². The molecule has 0 saturated carbocycles. The predicted octanol–water partition coefficient (Wildman–Crippen LogP) is 19.3. The van der Waals surface area contributed by atoms with Gasteiger partial charge in [-0.2, -0.15) is 0 Å². The van der Waals surface area contributed by atoms with Crippen LogP contribution >= 0.6 is 7.82 Å². The summed E-state index contributed by atoms with van der Waals surface area (Å²) in [6.45, 7) is 4.98. The first kappa shape index (κ1) is 67.7. The van der Waals surface area contributed by atoms with Crippen LogP contribution in [0.3, 0.4) is 0 Å². The third-order valence-corrected chi connectivity index (χ3v) is 14.3. The third kappa shape index (κ3) is 57.5. The van der Waals surface area contributed by atoms with Crippen molar-refractivity contribution in [3.8, 4) is 0 Å². The number of allylic oxidation sites excluding steroid dienone is 6. The van der Waals surface area contributed by atoms with E-state index in [1.54, 1.807) is 0 Å². The van der Waals surface area contributed by atoms with Gasteiger partial charge in [0.25, 0.3) is 0 Å². The molecule has 2 atom stereocenters. The number of nitrogens with two attached hydrogens (primary N) is 1. The number of carbonyl (C=O) groups excluding carboxylic acids is 1. The van der Waals surface area contributed by atoms with Crippen LogP contribution in [0.2, 0.25) is 0 Å². The van der Waals surface area contributed by atoms with Crippen LogP contribution in [0.1, 0.15) is 303 Å². The van der Waals surface area contributed by atoms with Crippen molar-refractivity contribution in [2.75, 3.05) is 33.0 Å². The minimum absolute atomic E-state index is 0.0945. The van der Waals surface area contributed by atoms with Crippen molar-refractivity contribution < 1.29 is 32.8 Å². The quantitative estimate of drug-likeness (QED) is 0.0268. The molecule has 0 aliphatic carbocycles. The summed E-state index contributed by atoms with van der Waals surface area (Å²) in [5, 5.41) is 0. The van der Waals surface area contributed by atoms with Crippen LogP contribution in [0, 0.1) is 0 Å². The molecular formula is C60H116NO7P. The van der Waals surface area contributed by atoms with Crippen LogP contribution in [0.5, 0.6) is 0 Å². The van der Waals surface area contributed by atoms with Gasteiger partial charge < -0.3 is 20.1 Å². The molecule has 408 valence electrons. The summed E-state index contributed by atoms with van der Waals surface area (Å²) in [6.07, 6.45) is 70.6. The molecule has 9 heteroatoms. The molecule has 0 aromatic heterocycles. The Morgan fingerprint density at radius 2 is 0.768 bits per heavy atom. The number of phosphoric acid groups is 1. The summed E-state index contributed by atoms with van der Waals surface area (Å²) in [6, 6.07) is 0. The monoisotopic (exact) mass is 994 g/mol. The number of esters is 1. The summed E-state index contributed by atoms with van der Waals surface area (Å²) in [4.78, 5) is 22.7. The second-order valence-electron chi connectivity index (χ2n) is 20.2. The lowest BCUT2D eigenvalue weighted by Crippen LogP contribution is -2.28. The van der Waals surface area contributed by atoms with Gasteiger partial charge in [-0.3, -0.25) is 13.8 Å². The van der Waals surface area contributed by atoms with Gasteiger partial charge in [0.15, 0.2) is 0 Å². The maximum Gasteiger partial charge on any atom is 0.472 e. The minimum Gasteiger partial charge on any atom is -0.457 e. The summed E-state index contributed by atoms with van der Waals surface area (Å²) < 4.78 is 33.7. The molecule has 0 saturated heterocycles. The van der Waals surface area contributed by atoms with Crippen LogP contribution < -0.4 is 5.73 Å². The second kappa shape index (κ2) is 57.6. The van der Waals surface area contributed by atoms with Crippen molar-refractivity contribution in [1.82, 2.24) is 0 Å². The van der Waals surface area contributed by atoms with E-state index in [9.17, 15) is 14.3 Å². The Morgan fingerprint density at radius 3 is 1.14 bits per heavy atom. The lowest BCUT2D eigenvalue weighted by Gasteiger charge is -2.20. The molecule has 3 N–H and O–H groups in total. The van der Waals surface area contributed by atoms with Crippen LogP contribution in [0.15, 0.2) is 36.5 Å². The van der Waals surface area contributed by atoms with E-state index < -0.39 is 13.9 Å². The van der Waals surface area contributed by atoms with E-state index in [4.69, 9.17) is 24.3 Å². The van der Waals surface area contributed by atoms with Crippen molar-refractivity contribution in [3.05, 3.63) is 36.5 Å². The number of hydrogen-bond donors (Lipinski definition) is 2. The zero-order valence-electron chi connectivity index (χ0n) is 45.8. The number of rotatable bonds is 58. The molecule has 0 spiro atoms. The highest BCUT2D eigenvalue weighted by Crippen LogP contribution is 2.43. The van der Waals surface area contributed by atoms with Gasteiger partial charge in [0.2, 0.25) is 0 Å². The van der Waals surface area contributed by atoms with Gasteiger partial charge in [0.05, 0.1) is 19.8 Å². The molecule has 8 nitrogen and oxygen atoms in total. The van der Waals surface area contributed by atoms with Crippen molar-refractivity contribution in [2.45, 2.75) is 309 Å². The molecule has 0 amide bonds. The number of carbonyl (C=O) groups is 1. The van der Waals surface area contributed by atoms with Crippen LogP contribution in [0.4, 0.5) is 0 Å². The molecule has 0 aliphatic rings. The number of phosphoric ester groups is 1. The Bertz CT molecular complexity index is 1160. The largest absolute Gasteiger partial charge is 0.472 e. The summed E-state index contributed by atoms with van der Waals surface area (Å²) in [5.41, 5.74) is 5.41. The minimum atomic E-state index is -4.29. The maximum atomic E-state index is 12.7. The summed E-state index contributed by atoms with van der Waals surface area (Å²) in [7, 11) is -4.29. The third-order valence-electron chi connectivity index (χ3n) is 13.3. The van der Waals surface area contributed by atoms with E-state index in [0.29, 0.717) is 13.0 Å². The van der Waals surface area contributed by atoms with E-state index >= 15 is 0 Å². The number of unbranched alkanes of at least 4 members (excludes halogenated alkanes) is 39. The van der Waals surface area contributed by atoms with Gasteiger partial charge in [0.1, 0.15) is 6.10 Å². The second-order valence-corrected chi connectivity index (χ2v) is 21.7. The Kier molecular flexibility index (Phi) is 56.6. The molecule has 0 bridgehead atoms. The fourth-order valence-electron chi connectivity index (χ4n) is 8.89. The topological polar surface area (TPSA) is 117 Å². The van der Waals surface area contributed by atoms with Gasteiger partial charge in [-0.25, -0.2) is 4.57 Å². The van der Waals surface area contributed by atoms with Gasteiger partial charge in [-0.15, -0.1) is 0 Å². The lowest BCUT2D eigenvalue weighted by atomic mass is 10.0. The molecule has 2 unspecified atom stereocenters. The predicted molar refractivity (Wildman–Crippen MR) is 298 cm³/mol. The Hall–Kier alpha value is -1.28. The smallest absolute Gasteiger partial charge is 0.457 e. The van der Waals surface area contributed by atoms with Crippen molar-refractivity contribution in [1.29, 1.82) is 0 Å². The fraction of sp³-hybridized carbons (Fsp3) is 0.883. The Morgan fingerprint density at radius 1 is 0.435 bits per heavy atom. The Balaban J connectivity index is 3.85. The molecule has 0 aliphatic heterocycles. The first-order valence-electron chi connectivity index (χ1n) is 30.0. The van der Waals surface area contributed by atoms with Gasteiger partial charge in [-0.05, 0) is 51.4 Å². The SMILES string of the molecule is CCCCCCC/C=C\C/C=C\C/C=C\CCCCCCCCCCCCC(=O)OC(COCCCCCCCCCCCCCCCCCCCCCCCCCCC)COP(=O)(O)OCCN. The van der Waals surface area contributed by atoms with E-state index in [-0.39, 0.29) is 32.3 Å². The van der Waals surface area contributed by atoms with Crippen molar-refractivity contribution >= 4 is 13.8 Å². The number of ether oxygens (including phenoxy) is 2. The number of hydrogen-bond acceptors (Lipinski definition) is 7. The molecule has 0 fully saturated rings. The van der Waals surface area contributed by atoms with Gasteiger partial charge >= 0.3 is 13.8 Å². The Labute approximate surface area is 429 Å². The molecule has 0 aromatic carbocycles. The van der Waals surface area contributed by atoms with Crippen molar-refractivity contribution in [3.63, 3.8) is 0 Å². The molecular weight excluding hydrogens is 878 g/mol. The average molecular weight is 995 g/mol. The van der Waals surface area contributed by atoms with E-state index in [2.05, 4.69) is 50.3 Å². The fourth-order valence-corrected chi connectivity index (χ4v) is 9.66. The summed E-state index contributed by atoms with van der Waals surface area (Å²) in [5.74, 6) is -0.328. The first-order valence-corrected chi connectivity index (χ1v) is 31.5. The molecule has 0 heterocycles. The highest BCUT2D eigenvalue weighted by atomic mass is 31.2. The summed E-state index contributed by atoms with van der Waals surface area (Å²) >= 11 is 0. The molecule has 0 aromatic rings. The zero-order valence-corrected chi connectivity index (χ0v) is 46.7. The molecule has 69 heavy (non-hydrogen) atoms. The van der Waals surface area contributed by atoms with Crippen molar-refractivity contribution in [2.24, 2.45) is 5.73 Å². The van der Waals surface area contributed by atoms with Gasteiger partial charge in [0, 0.05) is 19.6 Å². The van der Waals surface area contributed by atoms with E-state index in [1.807, 2.05) is 0 Å².